The van der Waals surface area contributed by atoms with Gasteiger partial charge in [-0.15, -0.1) is 0 Å². The second-order valence-corrected chi connectivity index (χ2v) is 9.96. The number of amides is 1. The van der Waals surface area contributed by atoms with E-state index in [1.165, 1.54) is 18.4 Å². The van der Waals surface area contributed by atoms with Crippen molar-refractivity contribution in [3.05, 3.63) is 41.5 Å². The van der Waals surface area contributed by atoms with E-state index < -0.39 is 5.60 Å². The molecule has 2 aliphatic rings. The molecule has 1 aromatic rings. The van der Waals surface area contributed by atoms with E-state index in [4.69, 9.17) is 4.74 Å². The first-order valence-corrected chi connectivity index (χ1v) is 11.0. The number of carbonyl (C=O) groups is 1. The summed E-state index contributed by atoms with van der Waals surface area (Å²) in [6, 6.07) is 10.7. The van der Waals surface area contributed by atoms with E-state index in [1.807, 2.05) is 25.7 Å². The third kappa shape index (κ3) is 5.86. The van der Waals surface area contributed by atoms with Gasteiger partial charge in [0.2, 0.25) is 0 Å². The summed E-state index contributed by atoms with van der Waals surface area (Å²) in [7, 11) is 0. The Bertz CT molecular complexity index is 678. The molecule has 0 radical (unpaired) electrons. The van der Waals surface area contributed by atoms with Crippen molar-refractivity contribution in [1.29, 1.82) is 0 Å². The molecule has 2 atom stereocenters. The highest BCUT2D eigenvalue weighted by Crippen LogP contribution is 2.51. The average Bonchev–Trinajstić information content (AvgIpc) is 3.38. The van der Waals surface area contributed by atoms with Crippen molar-refractivity contribution in [3.8, 4) is 0 Å². The number of benzene rings is 1. The van der Waals surface area contributed by atoms with Gasteiger partial charge in [0.1, 0.15) is 5.60 Å². The van der Waals surface area contributed by atoms with Crippen LogP contribution in [0.4, 0.5) is 4.79 Å². The molecule has 2 fully saturated rings. The second-order valence-electron chi connectivity index (χ2n) is 9.96. The van der Waals surface area contributed by atoms with Gasteiger partial charge in [-0.25, -0.2) is 4.79 Å². The fourth-order valence-electron chi connectivity index (χ4n) is 4.47. The quantitative estimate of drug-likeness (QED) is 0.589. The van der Waals surface area contributed by atoms with Crippen LogP contribution in [0.15, 0.2) is 35.9 Å². The number of hydrogen-bond acceptors (Lipinski definition) is 2. The number of likely N-dealkylation sites (tertiary alicyclic amines) is 1. The average molecular weight is 384 g/mol. The molecule has 1 heterocycles. The zero-order chi connectivity index (χ0) is 20.3. The summed E-state index contributed by atoms with van der Waals surface area (Å²) < 4.78 is 5.52. The molecule has 0 bridgehead atoms. The highest BCUT2D eigenvalue weighted by Gasteiger charge is 2.42. The number of carbonyl (C=O) groups excluding carboxylic acids is 1. The van der Waals surface area contributed by atoms with Gasteiger partial charge in [-0.1, -0.05) is 55.8 Å². The summed E-state index contributed by atoms with van der Waals surface area (Å²) in [4.78, 5) is 14.1. The molecular formula is C25H37NO2. The third-order valence-corrected chi connectivity index (χ3v) is 6.05. The maximum absolute atomic E-state index is 12.2. The van der Waals surface area contributed by atoms with E-state index in [0.717, 1.165) is 43.7 Å². The first-order valence-electron chi connectivity index (χ1n) is 11.0. The van der Waals surface area contributed by atoms with E-state index >= 15 is 0 Å². The lowest BCUT2D eigenvalue weighted by Gasteiger charge is -2.33. The number of piperidine rings is 1. The molecule has 154 valence electrons. The van der Waals surface area contributed by atoms with Crippen LogP contribution >= 0.6 is 0 Å². The van der Waals surface area contributed by atoms with Crippen LogP contribution in [0.25, 0.3) is 6.08 Å². The molecule has 28 heavy (non-hydrogen) atoms. The van der Waals surface area contributed by atoms with E-state index in [1.54, 1.807) is 5.57 Å². The summed E-state index contributed by atoms with van der Waals surface area (Å²) in [5.74, 6) is 2.93. The summed E-state index contributed by atoms with van der Waals surface area (Å²) in [5.41, 5.74) is 2.53. The SMILES string of the molecule is CC(C)/C(=C\c1ccccc1)[C@@H]1C[C@H]1CC1CCN(C(=O)OC(C)(C)C)CC1. The Hall–Kier alpha value is -1.77. The Labute approximate surface area is 171 Å². The van der Waals surface area contributed by atoms with Gasteiger partial charge in [-0.3, -0.25) is 0 Å². The minimum atomic E-state index is -0.409. The van der Waals surface area contributed by atoms with Crippen molar-refractivity contribution in [3.63, 3.8) is 0 Å². The highest BCUT2D eigenvalue weighted by atomic mass is 16.6. The Kier molecular flexibility index (Phi) is 6.52. The van der Waals surface area contributed by atoms with Crippen molar-refractivity contribution in [2.45, 2.75) is 65.9 Å². The zero-order valence-electron chi connectivity index (χ0n) is 18.3. The number of ether oxygens (including phenoxy) is 1. The van der Waals surface area contributed by atoms with Gasteiger partial charge in [0.15, 0.2) is 0 Å². The molecule has 3 heteroatoms. The van der Waals surface area contributed by atoms with Gasteiger partial charge < -0.3 is 9.64 Å². The molecule has 0 aromatic heterocycles. The lowest BCUT2D eigenvalue weighted by Crippen LogP contribution is -2.41. The van der Waals surface area contributed by atoms with E-state index in [2.05, 4.69) is 50.3 Å². The number of nitrogens with zero attached hydrogens (tertiary/aromatic N) is 1. The zero-order valence-corrected chi connectivity index (χ0v) is 18.3. The van der Waals surface area contributed by atoms with E-state index in [9.17, 15) is 4.79 Å². The maximum Gasteiger partial charge on any atom is 0.410 e. The Morgan fingerprint density at radius 3 is 2.39 bits per heavy atom. The van der Waals surface area contributed by atoms with Crippen LogP contribution in [-0.4, -0.2) is 29.7 Å². The second kappa shape index (κ2) is 8.71. The van der Waals surface area contributed by atoms with Crippen molar-refractivity contribution in [1.82, 2.24) is 4.90 Å². The van der Waals surface area contributed by atoms with Crippen LogP contribution < -0.4 is 0 Å². The number of allylic oxidation sites excluding steroid dienone is 1. The largest absolute Gasteiger partial charge is 0.444 e. The van der Waals surface area contributed by atoms with Gasteiger partial charge in [-0.05, 0) is 75.7 Å². The van der Waals surface area contributed by atoms with E-state index in [0.29, 0.717) is 5.92 Å². The smallest absolute Gasteiger partial charge is 0.410 e. The molecule has 1 aliphatic heterocycles. The lowest BCUT2D eigenvalue weighted by atomic mass is 9.88. The van der Waals surface area contributed by atoms with Gasteiger partial charge in [0.25, 0.3) is 0 Å². The fraction of sp³-hybridized carbons (Fsp3) is 0.640. The van der Waals surface area contributed by atoms with Crippen molar-refractivity contribution in [2.75, 3.05) is 13.1 Å². The molecule has 1 aromatic carbocycles. The summed E-state index contributed by atoms with van der Waals surface area (Å²) in [6.45, 7) is 12.1. The normalized spacial score (nSPS) is 23.8. The Balaban J connectivity index is 1.49. The number of rotatable bonds is 5. The lowest BCUT2D eigenvalue weighted by molar-refractivity contribution is 0.0179. The van der Waals surface area contributed by atoms with Crippen LogP contribution in [-0.2, 0) is 4.74 Å². The predicted octanol–water partition coefficient (Wildman–Crippen LogP) is 6.40. The maximum atomic E-state index is 12.2. The molecule has 3 rings (SSSR count). The molecule has 0 spiro atoms. The highest BCUT2D eigenvalue weighted by molar-refractivity contribution is 5.68. The summed E-state index contributed by atoms with van der Waals surface area (Å²) in [6.07, 6.45) is 7.14. The predicted molar refractivity (Wildman–Crippen MR) is 116 cm³/mol. The summed E-state index contributed by atoms with van der Waals surface area (Å²) in [5, 5.41) is 0. The molecule has 1 saturated carbocycles. The molecule has 0 N–H and O–H groups in total. The first kappa shape index (κ1) is 21.0. The van der Waals surface area contributed by atoms with Gasteiger partial charge in [0.05, 0.1) is 0 Å². The van der Waals surface area contributed by atoms with Gasteiger partial charge in [0, 0.05) is 13.1 Å². The minimum Gasteiger partial charge on any atom is -0.444 e. The van der Waals surface area contributed by atoms with Crippen molar-refractivity contribution < 1.29 is 9.53 Å². The molecule has 1 aliphatic carbocycles. The molecule has 1 saturated heterocycles. The van der Waals surface area contributed by atoms with Crippen LogP contribution in [0.1, 0.15) is 65.9 Å². The molecule has 1 amide bonds. The monoisotopic (exact) mass is 383 g/mol. The van der Waals surface area contributed by atoms with Crippen LogP contribution in [0.5, 0.6) is 0 Å². The molecule has 3 nitrogen and oxygen atoms in total. The first-order chi connectivity index (χ1) is 13.2. The van der Waals surface area contributed by atoms with Crippen LogP contribution in [0.3, 0.4) is 0 Å². The van der Waals surface area contributed by atoms with E-state index in [-0.39, 0.29) is 6.09 Å². The Morgan fingerprint density at radius 1 is 1.18 bits per heavy atom. The third-order valence-electron chi connectivity index (χ3n) is 6.05. The number of hydrogen-bond donors (Lipinski definition) is 0. The van der Waals surface area contributed by atoms with Crippen molar-refractivity contribution in [2.24, 2.45) is 23.7 Å². The molecule has 0 unspecified atom stereocenters. The van der Waals surface area contributed by atoms with Gasteiger partial charge in [-0.2, -0.15) is 0 Å². The summed E-state index contributed by atoms with van der Waals surface area (Å²) >= 11 is 0. The van der Waals surface area contributed by atoms with Crippen molar-refractivity contribution >= 4 is 12.2 Å². The topological polar surface area (TPSA) is 29.5 Å². The minimum absolute atomic E-state index is 0.150. The Morgan fingerprint density at radius 2 is 1.82 bits per heavy atom. The van der Waals surface area contributed by atoms with Gasteiger partial charge >= 0.3 is 6.09 Å². The fourth-order valence-corrected chi connectivity index (χ4v) is 4.47. The van der Waals surface area contributed by atoms with Crippen LogP contribution in [0, 0.1) is 23.7 Å². The molecular weight excluding hydrogens is 346 g/mol. The van der Waals surface area contributed by atoms with Crippen LogP contribution in [0.2, 0.25) is 0 Å². The standard InChI is InChI=1S/C25H37NO2/c1-18(2)22(16-19-9-7-6-8-10-19)23-17-21(23)15-20-11-13-26(14-12-20)24(27)28-25(3,4)5/h6-10,16,18,20-21,23H,11-15,17H2,1-5H3/b22-16+/t21-,23-/m1/s1.